The Kier molecular flexibility index (Phi) is 8.43. The number of halogens is 2. The Labute approximate surface area is 224 Å². The van der Waals surface area contributed by atoms with Crippen LogP contribution in [0.3, 0.4) is 0 Å². The molecule has 1 aliphatic heterocycles. The second-order valence-corrected chi connectivity index (χ2v) is 9.20. The molecule has 2 atom stereocenters. The van der Waals surface area contributed by atoms with Gasteiger partial charge in [-0.3, -0.25) is 4.79 Å². The Balaban J connectivity index is 1.40. The number of nitrogens with zero attached hydrogens (tertiary/aromatic N) is 1. The van der Waals surface area contributed by atoms with Gasteiger partial charge in [0.15, 0.2) is 6.10 Å². The van der Waals surface area contributed by atoms with Crippen molar-refractivity contribution < 1.29 is 28.9 Å². The Morgan fingerprint density at radius 3 is 2.68 bits per heavy atom. The predicted octanol–water partition coefficient (Wildman–Crippen LogP) is 5.12. The highest BCUT2D eigenvalue weighted by Gasteiger charge is 2.24. The van der Waals surface area contributed by atoms with Gasteiger partial charge in [-0.15, -0.1) is 0 Å². The summed E-state index contributed by atoms with van der Waals surface area (Å²) in [5.74, 6) is -0.0260. The van der Waals surface area contributed by atoms with Crippen molar-refractivity contribution in [2.24, 2.45) is 0 Å². The van der Waals surface area contributed by atoms with Gasteiger partial charge < -0.3 is 29.5 Å². The molecule has 1 amide bonds. The Morgan fingerprint density at radius 1 is 1.14 bits per heavy atom. The molecule has 194 valence electrons. The van der Waals surface area contributed by atoms with E-state index in [1.165, 1.54) is 18.2 Å². The maximum atomic E-state index is 12.9. The molecule has 2 N–H and O–H groups in total. The van der Waals surface area contributed by atoms with E-state index in [9.17, 15) is 14.7 Å². The van der Waals surface area contributed by atoms with Crippen molar-refractivity contribution in [2.75, 3.05) is 37.0 Å². The summed E-state index contributed by atoms with van der Waals surface area (Å²) in [4.78, 5) is 26.9. The van der Waals surface area contributed by atoms with Gasteiger partial charge in [-0.1, -0.05) is 41.4 Å². The number of carbonyl (C=O) groups excluding carboxylic acids is 2. The van der Waals surface area contributed by atoms with Crippen molar-refractivity contribution in [3.63, 3.8) is 0 Å². The first-order chi connectivity index (χ1) is 17.8. The summed E-state index contributed by atoms with van der Waals surface area (Å²) in [5.41, 5.74) is 1.66. The SMILES string of the molecule is CCOC(=O)C(O)c1ccc(Cl)c(NC(=O)c2ccc(OC[C@@H]3CN(C)c4ccccc4O3)cc2Cl)c1. The summed E-state index contributed by atoms with van der Waals surface area (Å²) < 4.78 is 16.7. The normalized spacial score (nSPS) is 15.3. The molecule has 1 aliphatic rings. The standard InChI is InChI=1S/C27H26Cl2N2O6/c1-3-35-27(34)25(32)16-8-11-20(28)22(12-16)30-26(33)19-10-9-17(13-21(19)29)36-15-18-14-31(2)23-6-4-5-7-24(23)37-18/h4-13,18,25,32H,3,14-15H2,1-2H3,(H,30,33)/t18-,25?/m0/s1. The number of rotatable bonds is 8. The first-order valence-corrected chi connectivity index (χ1v) is 12.4. The monoisotopic (exact) mass is 544 g/mol. The molecule has 1 unspecified atom stereocenters. The van der Waals surface area contributed by atoms with Gasteiger partial charge in [0.05, 0.1) is 40.1 Å². The highest BCUT2D eigenvalue weighted by Crippen LogP contribution is 2.33. The van der Waals surface area contributed by atoms with E-state index in [-0.39, 0.29) is 39.6 Å². The number of nitrogens with one attached hydrogen (secondary N) is 1. The van der Waals surface area contributed by atoms with Gasteiger partial charge >= 0.3 is 5.97 Å². The summed E-state index contributed by atoms with van der Waals surface area (Å²) in [6.45, 7) is 2.73. The van der Waals surface area contributed by atoms with Crippen molar-refractivity contribution >= 4 is 46.5 Å². The average molecular weight is 545 g/mol. The molecule has 0 bridgehead atoms. The van der Waals surface area contributed by atoms with E-state index in [1.807, 2.05) is 31.3 Å². The Hall–Kier alpha value is -3.46. The molecule has 0 spiro atoms. The van der Waals surface area contributed by atoms with Crippen LogP contribution in [-0.2, 0) is 9.53 Å². The molecule has 0 fully saturated rings. The van der Waals surface area contributed by atoms with Crippen LogP contribution in [0.1, 0.15) is 28.9 Å². The fourth-order valence-electron chi connectivity index (χ4n) is 3.89. The molecule has 0 saturated heterocycles. The minimum Gasteiger partial charge on any atom is -0.490 e. The smallest absolute Gasteiger partial charge is 0.339 e. The molecular formula is C27H26Cl2N2O6. The first kappa shape index (κ1) is 26.6. The number of anilines is 2. The van der Waals surface area contributed by atoms with Crippen molar-refractivity contribution in [2.45, 2.75) is 19.1 Å². The molecular weight excluding hydrogens is 519 g/mol. The van der Waals surface area contributed by atoms with Crippen LogP contribution in [0.4, 0.5) is 11.4 Å². The summed E-state index contributed by atoms with van der Waals surface area (Å²) in [5, 5.41) is 13.3. The van der Waals surface area contributed by atoms with E-state index in [4.69, 9.17) is 37.4 Å². The maximum Gasteiger partial charge on any atom is 0.339 e. The number of para-hydroxylation sites is 2. The highest BCUT2D eigenvalue weighted by molar-refractivity contribution is 6.36. The predicted molar refractivity (Wildman–Crippen MR) is 142 cm³/mol. The van der Waals surface area contributed by atoms with Gasteiger partial charge in [-0.05, 0) is 55.0 Å². The number of aliphatic hydroxyl groups excluding tert-OH is 1. The fraction of sp³-hybridized carbons (Fsp3) is 0.259. The molecule has 4 rings (SSSR count). The number of likely N-dealkylation sites (N-methyl/N-ethyl adjacent to an activating group) is 1. The van der Waals surface area contributed by atoms with Crippen LogP contribution in [0.2, 0.25) is 10.0 Å². The van der Waals surface area contributed by atoms with Crippen LogP contribution >= 0.6 is 23.2 Å². The zero-order valence-corrected chi connectivity index (χ0v) is 21.8. The molecule has 37 heavy (non-hydrogen) atoms. The Bertz CT molecular complexity index is 1300. The number of hydrogen-bond acceptors (Lipinski definition) is 7. The van der Waals surface area contributed by atoms with E-state index in [0.29, 0.717) is 18.9 Å². The van der Waals surface area contributed by atoms with Gasteiger partial charge in [-0.2, -0.15) is 0 Å². The topological polar surface area (TPSA) is 97.3 Å². The Morgan fingerprint density at radius 2 is 1.92 bits per heavy atom. The molecule has 0 aliphatic carbocycles. The summed E-state index contributed by atoms with van der Waals surface area (Å²) in [7, 11) is 2.00. The third kappa shape index (κ3) is 6.28. The number of aliphatic hydroxyl groups is 1. The average Bonchev–Trinajstić information content (AvgIpc) is 2.88. The minimum atomic E-state index is -1.51. The van der Waals surface area contributed by atoms with Crippen molar-refractivity contribution in [3.8, 4) is 11.5 Å². The highest BCUT2D eigenvalue weighted by atomic mass is 35.5. The van der Waals surface area contributed by atoms with Crippen molar-refractivity contribution in [3.05, 3.63) is 81.8 Å². The second kappa shape index (κ2) is 11.7. The summed E-state index contributed by atoms with van der Waals surface area (Å²) in [6.07, 6.45) is -1.68. The molecule has 0 radical (unpaired) electrons. The van der Waals surface area contributed by atoms with Gasteiger partial charge in [-0.25, -0.2) is 4.79 Å². The lowest BCUT2D eigenvalue weighted by Crippen LogP contribution is -2.41. The summed E-state index contributed by atoms with van der Waals surface area (Å²) >= 11 is 12.6. The molecule has 3 aromatic rings. The number of amides is 1. The third-order valence-corrected chi connectivity index (χ3v) is 6.38. The number of benzene rings is 3. The fourth-order valence-corrected chi connectivity index (χ4v) is 4.32. The van der Waals surface area contributed by atoms with E-state index < -0.39 is 18.0 Å². The van der Waals surface area contributed by atoms with Gasteiger partial charge in [0.25, 0.3) is 5.91 Å². The van der Waals surface area contributed by atoms with Crippen molar-refractivity contribution in [1.29, 1.82) is 0 Å². The molecule has 8 nitrogen and oxygen atoms in total. The van der Waals surface area contributed by atoms with Crippen molar-refractivity contribution in [1.82, 2.24) is 0 Å². The van der Waals surface area contributed by atoms with Crippen LogP contribution in [0.15, 0.2) is 60.7 Å². The third-order valence-electron chi connectivity index (χ3n) is 5.73. The van der Waals surface area contributed by atoms with Gasteiger partial charge in [0.1, 0.15) is 24.2 Å². The molecule has 0 aromatic heterocycles. The maximum absolute atomic E-state index is 12.9. The molecule has 10 heteroatoms. The van der Waals surface area contributed by atoms with E-state index in [1.54, 1.807) is 25.1 Å². The van der Waals surface area contributed by atoms with Crippen LogP contribution in [0.5, 0.6) is 11.5 Å². The largest absolute Gasteiger partial charge is 0.490 e. The van der Waals surface area contributed by atoms with Crippen LogP contribution in [0.25, 0.3) is 0 Å². The number of carbonyl (C=O) groups is 2. The lowest BCUT2D eigenvalue weighted by Gasteiger charge is -2.33. The van der Waals surface area contributed by atoms with Crippen LogP contribution in [-0.4, -0.2) is 49.9 Å². The van der Waals surface area contributed by atoms with E-state index >= 15 is 0 Å². The molecule has 1 heterocycles. The quantitative estimate of drug-likeness (QED) is 0.380. The van der Waals surface area contributed by atoms with Gasteiger partial charge in [0.2, 0.25) is 0 Å². The number of esters is 1. The molecule has 0 saturated carbocycles. The van der Waals surface area contributed by atoms with E-state index in [2.05, 4.69) is 10.2 Å². The minimum absolute atomic E-state index is 0.129. The second-order valence-electron chi connectivity index (χ2n) is 8.39. The van der Waals surface area contributed by atoms with Crippen LogP contribution < -0.4 is 19.7 Å². The lowest BCUT2D eigenvalue weighted by atomic mass is 10.1. The number of ether oxygens (including phenoxy) is 3. The zero-order valence-electron chi connectivity index (χ0n) is 20.2. The molecule has 3 aromatic carbocycles. The van der Waals surface area contributed by atoms with E-state index in [0.717, 1.165) is 11.4 Å². The zero-order chi connectivity index (χ0) is 26.5. The first-order valence-electron chi connectivity index (χ1n) is 11.6. The lowest BCUT2D eigenvalue weighted by molar-refractivity contribution is -0.153. The van der Waals surface area contributed by atoms with Gasteiger partial charge in [0, 0.05) is 7.05 Å². The summed E-state index contributed by atoms with van der Waals surface area (Å²) in [6, 6.07) is 16.9. The number of fused-ring (bicyclic) bond motifs is 1. The van der Waals surface area contributed by atoms with Crippen LogP contribution in [0, 0.1) is 0 Å². The number of hydrogen-bond donors (Lipinski definition) is 2.